The van der Waals surface area contributed by atoms with E-state index in [9.17, 15) is 13.2 Å². The van der Waals surface area contributed by atoms with E-state index in [1.165, 1.54) is 51.7 Å². The van der Waals surface area contributed by atoms with Gasteiger partial charge in [-0.25, -0.2) is 13.6 Å². The lowest BCUT2D eigenvalue weighted by atomic mass is 10.1. The van der Waals surface area contributed by atoms with E-state index in [-0.39, 0.29) is 4.90 Å². The Kier molecular flexibility index (Phi) is 6.43. The second-order valence-electron chi connectivity index (χ2n) is 5.35. The molecule has 0 saturated heterocycles. The summed E-state index contributed by atoms with van der Waals surface area (Å²) in [4.78, 5) is 12.0. The van der Waals surface area contributed by atoms with E-state index >= 15 is 0 Å². The second-order valence-corrected chi connectivity index (χ2v) is 6.91. The number of benzene rings is 2. The average molecular weight is 392 g/mol. The van der Waals surface area contributed by atoms with Crippen molar-refractivity contribution < 1.29 is 27.4 Å². The minimum atomic E-state index is -3.77. The molecule has 8 nitrogen and oxygen atoms in total. The fourth-order valence-corrected chi connectivity index (χ4v) is 2.80. The van der Waals surface area contributed by atoms with Crippen molar-refractivity contribution in [1.29, 1.82) is 0 Å². The standard InChI is InChI=1S/C18H20N2O6S/c1-24-15-10-12(11-16(25-2)18(15)26-3)4-9-17(21)20-13-5-7-14(8-6-13)27(19,22)23/h4-11H,1-3H3,(H,20,21)(H2,19,22,23). The summed E-state index contributed by atoms with van der Waals surface area (Å²) in [6.45, 7) is 0. The van der Waals surface area contributed by atoms with E-state index in [0.717, 1.165) is 0 Å². The Morgan fingerprint density at radius 1 is 1.00 bits per heavy atom. The summed E-state index contributed by atoms with van der Waals surface area (Å²) in [5.41, 5.74) is 1.10. The first-order chi connectivity index (χ1) is 12.8. The van der Waals surface area contributed by atoms with Crippen LogP contribution < -0.4 is 24.7 Å². The predicted octanol–water partition coefficient (Wildman–Crippen LogP) is 2.01. The maximum absolute atomic E-state index is 12.1. The number of rotatable bonds is 7. The van der Waals surface area contributed by atoms with Crippen LogP contribution in [0.5, 0.6) is 17.2 Å². The Labute approximate surface area is 157 Å². The van der Waals surface area contributed by atoms with Gasteiger partial charge < -0.3 is 19.5 Å². The van der Waals surface area contributed by atoms with Gasteiger partial charge in [-0.15, -0.1) is 0 Å². The van der Waals surface area contributed by atoms with Crippen LogP contribution in [0, 0.1) is 0 Å². The van der Waals surface area contributed by atoms with Gasteiger partial charge in [0.25, 0.3) is 0 Å². The Morgan fingerprint density at radius 2 is 1.56 bits per heavy atom. The van der Waals surface area contributed by atoms with E-state index in [0.29, 0.717) is 28.5 Å². The summed E-state index contributed by atoms with van der Waals surface area (Å²) in [5.74, 6) is 0.995. The van der Waals surface area contributed by atoms with Gasteiger partial charge in [0.05, 0.1) is 26.2 Å². The number of hydrogen-bond acceptors (Lipinski definition) is 6. The summed E-state index contributed by atoms with van der Waals surface area (Å²) in [6.07, 6.45) is 2.91. The fourth-order valence-electron chi connectivity index (χ4n) is 2.28. The number of anilines is 1. The molecule has 0 bridgehead atoms. The molecule has 0 aliphatic rings. The summed E-state index contributed by atoms with van der Waals surface area (Å²) in [5, 5.41) is 7.65. The zero-order valence-electron chi connectivity index (χ0n) is 15.1. The fraction of sp³-hybridized carbons (Fsp3) is 0.167. The van der Waals surface area contributed by atoms with Gasteiger partial charge in [-0.3, -0.25) is 4.79 Å². The molecule has 3 N–H and O–H groups in total. The van der Waals surface area contributed by atoms with E-state index in [4.69, 9.17) is 19.3 Å². The van der Waals surface area contributed by atoms with Crippen molar-refractivity contribution in [2.45, 2.75) is 4.90 Å². The number of nitrogens with one attached hydrogen (secondary N) is 1. The second kappa shape index (κ2) is 8.56. The van der Waals surface area contributed by atoms with Crippen molar-refractivity contribution in [3.05, 3.63) is 48.0 Å². The van der Waals surface area contributed by atoms with Gasteiger partial charge in [0.2, 0.25) is 21.7 Å². The molecule has 0 aliphatic heterocycles. The highest BCUT2D eigenvalue weighted by molar-refractivity contribution is 7.89. The van der Waals surface area contributed by atoms with E-state index in [1.54, 1.807) is 18.2 Å². The van der Waals surface area contributed by atoms with Gasteiger partial charge in [0.1, 0.15) is 0 Å². The third-order valence-corrected chi connectivity index (χ3v) is 4.49. The summed E-state index contributed by atoms with van der Waals surface area (Å²) >= 11 is 0. The van der Waals surface area contributed by atoms with Crippen molar-refractivity contribution in [1.82, 2.24) is 0 Å². The normalized spacial score (nSPS) is 11.3. The lowest BCUT2D eigenvalue weighted by Crippen LogP contribution is -2.12. The molecular formula is C18H20N2O6S. The molecule has 9 heteroatoms. The number of nitrogens with two attached hydrogens (primary N) is 1. The molecule has 0 radical (unpaired) electrons. The highest BCUT2D eigenvalue weighted by Crippen LogP contribution is 2.38. The van der Waals surface area contributed by atoms with Crippen molar-refractivity contribution in [3.63, 3.8) is 0 Å². The van der Waals surface area contributed by atoms with Crippen LogP contribution in [-0.4, -0.2) is 35.7 Å². The molecule has 0 fully saturated rings. The van der Waals surface area contributed by atoms with Crippen LogP contribution in [0.1, 0.15) is 5.56 Å². The van der Waals surface area contributed by atoms with Crippen LogP contribution in [0.15, 0.2) is 47.4 Å². The first-order valence-corrected chi connectivity index (χ1v) is 9.25. The zero-order chi connectivity index (χ0) is 20.0. The third kappa shape index (κ3) is 5.22. The number of carbonyl (C=O) groups excluding carboxylic acids is 1. The Balaban J connectivity index is 2.14. The lowest BCUT2D eigenvalue weighted by Gasteiger charge is -2.12. The number of ether oxygens (including phenoxy) is 3. The molecule has 2 aromatic carbocycles. The molecule has 0 aromatic heterocycles. The molecule has 144 valence electrons. The first kappa shape index (κ1) is 20.3. The molecule has 1 amide bonds. The lowest BCUT2D eigenvalue weighted by molar-refractivity contribution is -0.111. The molecule has 0 aliphatic carbocycles. The van der Waals surface area contributed by atoms with Crippen LogP contribution in [-0.2, 0) is 14.8 Å². The Hall–Kier alpha value is -3.04. The quantitative estimate of drug-likeness (QED) is 0.696. The van der Waals surface area contributed by atoms with Gasteiger partial charge >= 0.3 is 0 Å². The minimum Gasteiger partial charge on any atom is -0.493 e. The smallest absolute Gasteiger partial charge is 0.248 e. The van der Waals surface area contributed by atoms with Gasteiger partial charge in [0.15, 0.2) is 11.5 Å². The first-order valence-electron chi connectivity index (χ1n) is 7.70. The molecule has 0 heterocycles. The van der Waals surface area contributed by atoms with Crippen molar-refractivity contribution in [3.8, 4) is 17.2 Å². The topological polar surface area (TPSA) is 117 Å². The van der Waals surface area contributed by atoms with Crippen molar-refractivity contribution >= 4 is 27.7 Å². The highest BCUT2D eigenvalue weighted by Gasteiger charge is 2.12. The van der Waals surface area contributed by atoms with E-state index in [2.05, 4.69) is 5.32 Å². The molecule has 0 spiro atoms. The zero-order valence-corrected chi connectivity index (χ0v) is 15.9. The SMILES string of the molecule is COc1cc(C=CC(=O)Nc2ccc(S(N)(=O)=O)cc2)cc(OC)c1OC. The average Bonchev–Trinajstić information content (AvgIpc) is 2.65. The summed E-state index contributed by atoms with van der Waals surface area (Å²) < 4.78 is 38.2. The maximum Gasteiger partial charge on any atom is 0.248 e. The maximum atomic E-state index is 12.1. The largest absolute Gasteiger partial charge is 0.493 e. The van der Waals surface area contributed by atoms with Gasteiger partial charge in [-0.1, -0.05) is 0 Å². The van der Waals surface area contributed by atoms with Gasteiger partial charge in [0, 0.05) is 11.8 Å². The Bertz CT molecular complexity index is 927. The molecular weight excluding hydrogens is 372 g/mol. The van der Waals surface area contributed by atoms with Crippen LogP contribution in [0.3, 0.4) is 0 Å². The number of hydrogen-bond donors (Lipinski definition) is 2. The van der Waals surface area contributed by atoms with Gasteiger partial charge in [-0.2, -0.15) is 0 Å². The number of methoxy groups -OCH3 is 3. The number of amides is 1. The van der Waals surface area contributed by atoms with Crippen molar-refractivity contribution in [2.24, 2.45) is 5.14 Å². The highest BCUT2D eigenvalue weighted by atomic mass is 32.2. The summed E-state index contributed by atoms with van der Waals surface area (Å²) in [6, 6.07) is 8.93. The van der Waals surface area contributed by atoms with Crippen LogP contribution in [0.4, 0.5) is 5.69 Å². The predicted molar refractivity (Wildman–Crippen MR) is 102 cm³/mol. The number of carbonyl (C=O) groups is 1. The molecule has 27 heavy (non-hydrogen) atoms. The Morgan fingerprint density at radius 3 is 2.00 bits per heavy atom. The summed E-state index contributed by atoms with van der Waals surface area (Å²) in [7, 11) is 0.736. The molecule has 0 unspecified atom stereocenters. The number of sulfonamides is 1. The van der Waals surface area contributed by atoms with Crippen molar-refractivity contribution in [2.75, 3.05) is 26.6 Å². The van der Waals surface area contributed by atoms with E-state index < -0.39 is 15.9 Å². The molecule has 2 aromatic rings. The third-order valence-electron chi connectivity index (χ3n) is 3.56. The minimum absolute atomic E-state index is 0.0338. The molecule has 2 rings (SSSR count). The van der Waals surface area contributed by atoms with Gasteiger partial charge in [-0.05, 0) is 48.0 Å². The number of primary sulfonamides is 1. The monoisotopic (exact) mass is 392 g/mol. The van der Waals surface area contributed by atoms with Crippen LogP contribution in [0.2, 0.25) is 0 Å². The van der Waals surface area contributed by atoms with Crippen LogP contribution >= 0.6 is 0 Å². The molecule has 0 atom stereocenters. The van der Waals surface area contributed by atoms with Crippen LogP contribution in [0.25, 0.3) is 6.08 Å². The van der Waals surface area contributed by atoms with E-state index in [1.807, 2.05) is 0 Å². The molecule has 0 saturated carbocycles.